The zero-order valence-corrected chi connectivity index (χ0v) is 13.6. The Hall–Kier alpha value is -1.88. The summed E-state index contributed by atoms with van der Waals surface area (Å²) in [6, 6.07) is 7.22. The van der Waals surface area contributed by atoms with Crippen LogP contribution < -0.4 is 10.6 Å². The molecule has 1 aliphatic rings. The number of hydrogen-bond acceptors (Lipinski definition) is 3. The lowest BCUT2D eigenvalue weighted by Crippen LogP contribution is -2.44. The molecule has 1 aromatic carbocycles. The van der Waals surface area contributed by atoms with E-state index in [2.05, 4.69) is 15.5 Å². The maximum atomic E-state index is 12.4. The molecule has 2 amide bonds. The normalized spacial score (nSPS) is 19.0. The standard InChI is InChI=1S/C17H25N3O2/c1-12(2)16(21)18-13-7-6-8-14(11-13)19-17(22)15-9-4-5-10-20(15)3/h6-8,11-12,15H,4-5,9-10H2,1-3H3,(H,18,21)(H,19,22). The molecule has 1 aliphatic heterocycles. The highest BCUT2D eigenvalue weighted by molar-refractivity contribution is 5.96. The fourth-order valence-corrected chi connectivity index (χ4v) is 2.59. The maximum Gasteiger partial charge on any atom is 0.241 e. The minimum absolute atomic E-state index is 0.0227. The molecule has 1 saturated heterocycles. The lowest BCUT2D eigenvalue weighted by Gasteiger charge is -2.31. The van der Waals surface area contributed by atoms with Crippen molar-refractivity contribution in [1.82, 2.24) is 4.90 Å². The van der Waals surface area contributed by atoms with E-state index in [0.717, 1.165) is 25.8 Å². The summed E-state index contributed by atoms with van der Waals surface area (Å²) in [4.78, 5) is 26.2. The van der Waals surface area contributed by atoms with Crippen LogP contribution >= 0.6 is 0 Å². The molecular weight excluding hydrogens is 278 g/mol. The Labute approximate surface area is 132 Å². The summed E-state index contributed by atoms with van der Waals surface area (Å²) in [5, 5.41) is 5.80. The molecule has 1 fully saturated rings. The maximum absolute atomic E-state index is 12.4. The zero-order chi connectivity index (χ0) is 16.1. The molecule has 0 spiro atoms. The van der Waals surface area contributed by atoms with Gasteiger partial charge in [-0.1, -0.05) is 26.3 Å². The van der Waals surface area contributed by atoms with E-state index in [-0.39, 0.29) is 23.8 Å². The van der Waals surface area contributed by atoms with Crippen molar-refractivity contribution in [3.05, 3.63) is 24.3 Å². The lowest BCUT2D eigenvalue weighted by molar-refractivity contribution is -0.122. The Morgan fingerprint density at radius 1 is 1.18 bits per heavy atom. The number of amides is 2. The van der Waals surface area contributed by atoms with Gasteiger partial charge in [0.25, 0.3) is 0 Å². The van der Waals surface area contributed by atoms with Crippen LogP contribution in [0.25, 0.3) is 0 Å². The Bertz CT molecular complexity index is 542. The third-order valence-electron chi connectivity index (χ3n) is 4.00. The van der Waals surface area contributed by atoms with Gasteiger partial charge in [-0.15, -0.1) is 0 Å². The molecule has 0 radical (unpaired) electrons. The fourth-order valence-electron chi connectivity index (χ4n) is 2.59. The molecule has 1 atom stereocenters. The second-order valence-corrected chi connectivity index (χ2v) is 6.21. The summed E-state index contributed by atoms with van der Waals surface area (Å²) in [5.74, 6) is -0.0841. The third-order valence-corrected chi connectivity index (χ3v) is 4.00. The summed E-state index contributed by atoms with van der Waals surface area (Å²) in [6.07, 6.45) is 3.13. The largest absolute Gasteiger partial charge is 0.326 e. The topological polar surface area (TPSA) is 61.4 Å². The van der Waals surface area contributed by atoms with Gasteiger partial charge in [-0.25, -0.2) is 0 Å². The minimum atomic E-state index is -0.0749. The predicted octanol–water partition coefficient (Wildman–Crippen LogP) is 2.70. The first-order valence-electron chi connectivity index (χ1n) is 7.89. The van der Waals surface area contributed by atoms with Crippen LogP contribution in [0.15, 0.2) is 24.3 Å². The van der Waals surface area contributed by atoms with Gasteiger partial charge in [-0.05, 0) is 44.6 Å². The number of carbonyl (C=O) groups excluding carboxylic acids is 2. The highest BCUT2D eigenvalue weighted by Crippen LogP contribution is 2.19. The quantitative estimate of drug-likeness (QED) is 0.899. The van der Waals surface area contributed by atoms with Crippen LogP contribution in [0.3, 0.4) is 0 Å². The number of likely N-dealkylation sites (N-methyl/N-ethyl adjacent to an activating group) is 1. The number of likely N-dealkylation sites (tertiary alicyclic amines) is 1. The number of carbonyl (C=O) groups is 2. The molecule has 2 N–H and O–H groups in total. The van der Waals surface area contributed by atoms with Crippen LogP contribution in [0.5, 0.6) is 0 Å². The smallest absolute Gasteiger partial charge is 0.241 e. The molecule has 0 saturated carbocycles. The second-order valence-electron chi connectivity index (χ2n) is 6.21. The van der Waals surface area contributed by atoms with Gasteiger partial charge in [0.2, 0.25) is 11.8 Å². The summed E-state index contributed by atoms with van der Waals surface area (Å²) in [7, 11) is 1.99. The van der Waals surface area contributed by atoms with Crippen molar-refractivity contribution in [3.8, 4) is 0 Å². The molecule has 22 heavy (non-hydrogen) atoms. The Kier molecular flexibility index (Phi) is 5.55. The fraction of sp³-hybridized carbons (Fsp3) is 0.529. The van der Waals surface area contributed by atoms with Crippen LogP contribution in [0, 0.1) is 5.92 Å². The molecule has 2 rings (SSSR count). The second kappa shape index (κ2) is 7.40. The highest BCUT2D eigenvalue weighted by atomic mass is 16.2. The van der Waals surface area contributed by atoms with E-state index >= 15 is 0 Å². The number of hydrogen-bond donors (Lipinski definition) is 2. The molecule has 5 heteroatoms. The Balaban J connectivity index is 2.00. The molecule has 0 aliphatic carbocycles. The summed E-state index contributed by atoms with van der Waals surface area (Å²) < 4.78 is 0. The highest BCUT2D eigenvalue weighted by Gasteiger charge is 2.25. The molecule has 1 aromatic rings. The van der Waals surface area contributed by atoms with Crippen molar-refractivity contribution in [2.24, 2.45) is 5.92 Å². The summed E-state index contributed by atoms with van der Waals surface area (Å²) >= 11 is 0. The van der Waals surface area contributed by atoms with Gasteiger partial charge in [0, 0.05) is 17.3 Å². The van der Waals surface area contributed by atoms with Crippen molar-refractivity contribution >= 4 is 23.2 Å². The number of benzene rings is 1. The van der Waals surface area contributed by atoms with Gasteiger partial charge in [0.1, 0.15) is 0 Å². The van der Waals surface area contributed by atoms with Gasteiger partial charge in [-0.2, -0.15) is 0 Å². The van der Waals surface area contributed by atoms with E-state index < -0.39 is 0 Å². The Morgan fingerprint density at radius 2 is 1.86 bits per heavy atom. The van der Waals surface area contributed by atoms with Crippen molar-refractivity contribution in [2.45, 2.75) is 39.2 Å². The molecular formula is C17H25N3O2. The minimum Gasteiger partial charge on any atom is -0.326 e. The number of piperidine rings is 1. The van der Waals surface area contributed by atoms with Gasteiger partial charge in [-0.3, -0.25) is 14.5 Å². The van der Waals surface area contributed by atoms with Gasteiger partial charge in [0.15, 0.2) is 0 Å². The van der Waals surface area contributed by atoms with Gasteiger partial charge < -0.3 is 10.6 Å². The molecule has 120 valence electrons. The number of rotatable bonds is 4. The molecule has 0 bridgehead atoms. The van der Waals surface area contributed by atoms with E-state index in [1.165, 1.54) is 0 Å². The van der Waals surface area contributed by atoms with Crippen molar-refractivity contribution in [1.29, 1.82) is 0 Å². The molecule has 1 heterocycles. The first-order chi connectivity index (χ1) is 10.5. The number of anilines is 2. The van der Waals surface area contributed by atoms with E-state index in [1.54, 1.807) is 6.07 Å². The first-order valence-corrected chi connectivity index (χ1v) is 7.89. The van der Waals surface area contributed by atoms with E-state index in [0.29, 0.717) is 11.4 Å². The van der Waals surface area contributed by atoms with E-state index in [4.69, 9.17) is 0 Å². The average molecular weight is 303 g/mol. The van der Waals surface area contributed by atoms with Gasteiger partial charge in [0.05, 0.1) is 6.04 Å². The van der Waals surface area contributed by atoms with Crippen molar-refractivity contribution in [3.63, 3.8) is 0 Å². The average Bonchev–Trinajstić information content (AvgIpc) is 2.47. The van der Waals surface area contributed by atoms with Crippen molar-refractivity contribution in [2.75, 3.05) is 24.2 Å². The molecule has 5 nitrogen and oxygen atoms in total. The van der Waals surface area contributed by atoms with Gasteiger partial charge >= 0.3 is 0 Å². The monoisotopic (exact) mass is 303 g/mol. The predicted molar refractivity (Wildman–Crippen MR) is 88.8 cm³/mol. The summed E-state index contributed by atoms with van der Waals surface area (Å²) in [5.41, 5.74) is 1.42. The van der Waals surface area contributed by atoms with Crippen LogP contribution in [0.4, 0.5) is 11.4 Å². The van der Waals surface area contributed by atoms with Crippen LogP contribution in [-0.2, 0) is 9.59 Å². The van der Waals surface area contributed by atoms with E-state index in [9.17, 15) is 9.59 Å². The number of nitrogens with one attached hydrogen (secondary N) is 2. The SMILES string of the molecule is CC(C)C(=O)Nc1cccc(NC(=O)C2CCCCN2C)c1. The number of nitrogens with zero attached hydrogens (tertiary/aromatic N) is 1. The first kappa shape index (κ1) is 16.5. The summed E-state index contributed by atoms with van der Waals surface area (Å²) in [6.45, 7) is 4.66. The Morgan fingerprint density at radius 3 is 2.50 bits per heavy atom. The van der Waals surface area contributed by atoms with Crippen molar-refractivity contribution < 1.29 is 9.59 Å². The molecule has 0 aromatic heterocycles. The van der Waals surface area contributed by atoms with Crippen LogP contribution in [0.1, 0.15) is 33.1 Å². The zero-order valence-electron chi connectivity index (χ0n) is 13.6. The van der Waals surface area contributed by atoms with Crippen LogP contribution in [0.2, 0.25) is 0 Å². The van der Waals surface area contributed by atoms with E-state index in [1.807, 2.05) is 39.1 Å². The third kappa shape index (κ3) is 4.31. The van der Waals surface area contributed by atoms with Crippen LogP contribution in [-0.4, -0.2) is 36.3 Å². The molecule has 1 unspecified atom stereocenters. The lowest BCUT2D eigenvalue weighted by atomic mass is 10.0.